The Hall–Kier alpha value is -2.99. The minimum Gasteiger partial charge on any atom is -0.497 e. The van der Waals surface area contributed by atoms with E-state index in [4.69, 9.17) is 10.5 Å². The maximum absolute atomic E-state index is 12.0. The average molecular weight is 356 g/mol. The van der Waals surface area contributed by atoms with Gasteiger partial charge in [-0.15, -0.1) is 0 Å². The summed E-state index contributed by atoms with van der Waals surface area (Å²) in [4.78, 5) is 0.201. The number of hydrogen-bond acceptors (Lipinski definition) is 4. The summed E-state index contributed by atoms with van der Waals surface area (Å²) in [5.41, 5.74) is 6.72. The van der Waals surface area contributed by atoms with E-state index in [1.165, 1.54) is 19.2 Å². The van der Waals surface area contributed by atoms with Crippen molar-refractivity contribution in [1.29, 1.82) is 0 Å². The third-order valence-electron chi connectivity index (χ3n) is 3.20. The standard InChI is InChI=1S/C13H13NO3S.C6H7N/c1-17-12-7-9-13(10-8-12)18(15,16)14-11-5-3-2-4-6-11;7-6-4-2-1-3-5-6/h2-10,14H,1H3;1-5H,7H2. The van der Waals surface area contributed by atoms with Crippen molar-refractivity contribution in [3.05, 3.63) is 84.9 Å². The van der Waals surface area contributed by atoms with Gasteiger partial charge in [-0.1, -0.05) is 36.4 Å². The largest absolute Gasteiger partial charge is 0.497 e. The Morgan fingerprint density at radius 2 is 1.32 bits per heavy atom. The summed E-state index contributed by atoms with van der Waals surface area (Å²) in [6, 6.07) is 24.5. The number of nitrogens with two attached hydrogens (primary N) is 1. The van der Waals surface area contributed by atoms with Crippen molar-refractivity contribution >= 4 is 21.4 Å². The van der Waals surface area contributed by atoms with Gasteiger partial charge in [-0.2, -0.15) is 0 Å². The second-order valence-corrected chi connectivity index (χ2v) is 6.74. The van der Waals surface area contributed by atoms with Crippen LogP contribution >= 0.6 is 0 Å². The van der Waals surface area contributed by atoms with E-state index in [1.807, 2.05) is 36.4 Å². The van der Waals surface area contributed by atoms with E-state index in [9.17, 15) is 8.42 Å². The van der Waals surface area contributed by atoms with Crippen molar-refractivity contribution in [2.75, 3.05) is 17.6 Å². The Balaban J connectivity index is 0.000000269. The van der Waals surface area contributed by atoms with E-state index in [2.05, 4.69) is 4.72 Å². The number of para-hydroxylation sites is 2. The Morgan fingerprint density at radius 3 is 1.76 bits per heavy atom. The highest BCUT2D eigenvalue weighted by atomic mass is 32.2. The van der Waals surface area contributed by atoms with Crippen LogP contribution in [-0.4, -0.2) is 15.5 Å². The SMILES string of the molecule is COc1ccc(S(=O)(=O)Nc2ccccc2)cc1.Nc1ccccc1. The maximum atomic E-state index is 12.0. The molecule has 0 amide bonds. The quantitative estimate of drug-likeness (QED) is 0.697. The van der Waals surface area contributed by atoms with E-state index >= 15 is 0 Å². The summed E-state index contributed by atoms with van der Waals surface area (Å²) in [6.45, 7) is 0. The first kappa shape index (κ1) is 18.4. The molecule has 0 saturated carbocycles. The molecule has 0 radical (unpaired) electrons. The van der Waals surface area contributed by atoms with Gasteiger partial charge in [-0.05, 0) is 48.5 Å². The molecule has 25 heavy (non-hydrogen) atoms. The molecule has 3 aromatic carbocycles. The lowest BCUT2D eigenvalue weighted by Gasteiger charge is -2.08. The third kappa shape index (κ3) is 5.86. The van der Waals surface area contributed by atoms with Crippen molar-refractivity contribution in [3.8, 4) is 5.75 Å². The van der Waals surface area contributed by atoms with Crippen LogP contribution in [0.15, 0.2) is 89.8 Å². The molecule has 6 heteroatoms. The van der Waals surface area contributed by atoms with Crippen molar-refractivity contribution in [2.45, 2.75) is 4.90 Å². The summed E-state index contributed by atoms with van der Waals surface area (Å²) in [7, 11) is -2.01. The van der Waals surface area contributed by atoms with E-state index < -0.39 is 10.0 Å². The summed E-state index contributed by atoms with van der Waals surface area (Å²) < 4.78 is 31.6. The van der Waals surface area contributed by atoms with Crippen molar-refractivity contribution in [2.24, 2.45) is 0 Å². The predicted octanol–water partition coefficient (Wildman–Crippen LogP) is 3.76. The van der Waals surface area contributed by atoms with Gasteiger partial charge in [0.2, 0.25) is 0 Å². The number of sulfonamides is 1. The predicted molar refractivity (Wildman–Crippen MR) is 101 cm³/mol. The number of methoxy groups -OCH3 is 1. The molecule has 0 heterocycles. The highest BCUT2D eigenvalue weighted by molar-refractivity contribution is 7.92. The second kappa shape index (κ2) is 8.75. The van der Waals surface area contributed by atoms with Gasteiger partial charge in [0.05, 0.1) is 12.0 Å². The third-order valence-corrected chi connectivity index (χ3v) is 4.59. The van der Waals surface area contributed by atoms with Crippen molar-refractivity contribution in [1.82, 2.24) is 0 Å². The van der Waals surface area contributed by atoms with Crippen LogP contribution in [0.3, 0.4) is 0 Å². The molecule has 3 N–H and O–H groups in total. The topological polar surface area (TPSA) is 81.4 Å². The number of anilines is 2. The Labute approximate surface area is 148 Å². The Kier molecular flexibility index (Phi) is 6.42. The van der Waals surface area contributed by atoms with Crippen LogP contribution in [0.1, 0.15) is 0 Å². The highest BCUT2D eigenvalue weighted by Crippen LogP contribution is 2.18. The van der Waals surface area contributed by atoms with Gasteiger partial charge in [-0.3, -0.25) is 4.72 Å². The normalized spacial score (nSPS) is 10.3. The van der Waals surface area contributed by atoms with Crippen LogP contribution in [0.4, 0.5) is 11.4 Å². The molecule has 0 aliphatic rings. The molecular weight excluding hydrogens is 336 g/mol. The van der Waals surface area contributed by atoms with Gasteiger partial charge in [0.1, 0.15) is 5.75 Å². The molecule has 130 valence electrons. The monoisotopic (exact) mass is 356 g/mol. The highest BCUT2D eigenvalue weighted by Gasteiger charge is 2.13. The fourth-order valence-corrected chi connectivity index (χ4v) is 2.99. The van der Waals surface area contributed by atoms with E-state index in [-0.39, 0.29) is 4.90 Å². The molecule has 0 atom stereocenters. The molecule has 0 spiro atoms. The first-order valence-electron chi connectivity index (χ1n) is 7.54. The molecule has 0 unspecified atom stereocenters. The molecule has 3 aromatic rings. The molecule has 0 fully saturated rings. The maximum Gasteiger partial charge on any atom is 0.261 e. The number of benzene rings is 3. The molecule has 0 aliphatic carbocycles. The minimum absolute atomic E-state index is 0.201. The average Bonchev–Trinajstić information content (AvgIpc) is 2.63. The molecular formula is C19H20N2O3S. The van der Waals surface area contributed by atoms with E-state index in [1.54, 1.807) is 36.4 Å². The summed E-state index contributed by atoms with van der Waals surface area (Å²) >= 11 is 0. The van der Waals surface area contributed by atoms with Gasteiger partial charge in [0, 0.05) is 11.4 Å². The van der Waals surface area contributed by atoms with E-state index in [0.717, 1.165) is 5.69 Å². The molecule has 0 saturated heterocycles. The lowest BCUT2D eigenvalue weighted by molar-refractivity contribution is 0.414. The number of nitrogens with one attached hydrogen (secondary N) is 1. The van der Waals surface area contributed by atoms with Crippen LogP contribution in [0, 0.1) is 0 Å². The van der Waals surface area contributed by atoms with Crippen molar-refractivity contribution < 1.29 is 13.2 Å². The summed E-state index contributed by atoms with van der Waals surface area (Å²) in [5.74, 6) is 0.619. The van der Waals surface area contributed by atoms with Crippen molar-refractivity contribution in [3.63, 3.8) is 0 Å². The zero-order valence-corrected chi connectivity index (χ0v) is 14.6. The molecule has 0 aromatic heterocycles. The number of ether oxygens (including phenoxy) is 1. The first-order chi connectivity index (χ1) is 12.0. The lowest BCUT2D eigenvalue weighted by atomic mass is 10.3. The second-order valence-electron chi connectivity index (χ2n) is 5.06. The lowest BCUT2D eigenvalue weighted by Crippen LogP contribution is -2.12. The zero-order valence-electron chi connectivity index (χ0n) is 13.8. The minimum atomic E-state index is -3.54. The van der Waals surface area contributed by atoms with Gasteiger partial charge in [-0.25, -0.2) is 8.42 Å². The zero-order chi connectivity index (χ0) is 18.1. The van der Waals surface area contributed by atoms with Gasteiger partial charge >= 0.3 is 0 Å². The summed E-state index contributed by atoms with van der Waals surface area (Å²) in [5, 5.41) is 0. The number of rotatable bonds is 4. The van der Waals surface area contributed by atoms with Gasteiger partial charge in [0.15, 0.2) is 0 Å². The van der Waals surface area contributed by atoms with Crippen LogP contribution in [0.25, 0.3) is 0 Å². The van der Waals surface area contributed by atoms with Gasteiger partial charge < -0.3 is 10.5 Å². The Morgan fingerprint density at radius 1 is 0.800 bits per heavy atom. The molecule has 0 bridgehead atoms. The first-order valence-corrected chi connectivity index (χ1v) is 9.02. The molecule has 0 aliphatic heterocycles. The molecule has 3 rings (SSSR count). The summed E-state index contributed by atoms with van der Waals surface area (Å²) in [6.07, 6.45) is 0. The fraction of sp³-hybridized carbons (Fsp3) is 0.0526. The smallest absolute Gasteiger partial charge is 0.261 e. The van der Waals surface area contributed by atoms with Crippen LogP contribution in [-0.2, 0) is 10.0 Å². The number of nitrogen functional groups attached to an aromatic ring is 1. The molecule has 5 nitrogen and oxygen atoms in total. The van der Waals surface area contributed by atoms with Crippen LogP contribution < -0.4 is 15.2 Å². The Bertz CT molecular complexity index is 866. The fourth-order valence-electron chi connectivity index (χ4n) is 1.93. The van der Waals surface area contributed by atoms with E-state index in [0.29, 0.717) is 11.4 Å². The van der Waals surface area contributed by atoms with Crippen LogP contribution in [0.2, 0.25) is 0 Å². The number of hydrogen-bond donors (Lipinski definition) is 2. The van der Waals surface area contributed by atoms with Crippen LogP contribution in [0.5, 0.6) is 5.75 Å². The van der Waals surface area contributed by atoms with Gasteiger partial charge in [0.25, 0.3) is 10.0 Å².